The molecule has 2 rings (SSSR count). The van der Waals surface area contributed by atoms with Crippen molar-refractivity contribution in [3.05, 3.63) is 62.6 Å². The number of carbonyl (C=O) groups excluding carboxylic acids is 1. The van der Waals surface area contributed by atoms with Gasteiger partial charge in [0.15, 0.2) is 0 Å². The largest absolute Gasteiger partial charge is 0.479 e. The van der Waals surface area contributed by atoms with E-state index in [0.717, 1.165) is 11.1 Å². The van der Waals surface area contributed by atoms with Crippen LogP contribution in [0.3, 0.4) is 0 Å². The predicted octanol–water partition coefficient (Wildman–Crippen LogP) is 5.17. The first-order valence-electron chi connectivity index (χ1n) is 7.91. The number of nitrogens with one attached hydrogen (secondary N) is 1. The number of rotatable bonds is 5. The van der Waals surface area contributed by atoms with Crippen molar-refractivity contribution in [1.29, 1.82) is 5.26 Å². The summed E-state index contributed by atoms with van der Waals surface area (Å²) in [5, 5.41) is 12.7. The minimum atomic E-state index is -0.552. The lowest BCUT2D eigenvalue weighted by Gasteiger charge is -2.11. The van der Waals surface area contributed by atoms with Crippen LogP contribution >= 0.6 is 23.2 Å². The van der Waals surface area contributed by atoms with E-state index in [9.17, 15) is 10.1 Å². The molecule has 0 spiro atoms. The van der Waals surface area contributed by atoms with E-state index in [1.165, 1.54) is 12.1 Å². The van der Waals surface area contributed by atoms with E-state index in [2.05, 4.69) is 11.2 Å². The SMILES string of the molecule is C#CCOc1c(Cl)cc(Cl)cc1/C=C(\C#N)C(=O)Nc1ccc(C)cc1C. The number of aryl methyl sites for hydroxylation is 2. The topological polar surface area (TPSA) is 62.1 Å². The van der Waals surface area contributed by atoms with Crippen molar-refractivity contribution in [2.75, 3.05) is 11.9 Å². The average Bonchev–Trinajstić information content (AvgIpc) is 2.61. The molecule has 0 radical (unpaired) electrons. The highest BCUT2D eigenvalue weighted by Crippen LogP contribution is 2.34. The first-order valence-corrected chi connectivity index (χ1v) is 8.67. The maximum absolute atomic E-state index is 12.5. The number of nitrogens with zero attached hydrogens (tertiary/aromatic N) is 1. The highest BCUT2D eigenvalue weighted by molar-refractivity contribution is 6.36. The van der Waals surface area contributed by atoms with Crippen molar-refractivity contribution in [3.8, 4) is 24.2 Å². The summed E-state index contributed by atoms with van der Waals surface area (Å²) in [5.41, 5.74) is 2.85. The molecule has 0 aliphatic heterocycles. The van der Waals surface area contributed by atoms with Crippen LogP contribution in [0.2, 0.25) is 10.0 Å². The highest BCUT2D eigenvalue weighted by atomic mass is 35.5. The maximum atomic E-state index is 12.5. The lowest BCUT2D eigenvalue weighted by Crippen LogP contribution is -2.14. The smallest absolute Gasteiger partial charge is 0.266 e. The molecule has 0 atom stereocenters. The molecule has 136 valence electrons. The van der Waals surface area contributed by atoms with E-state index in [1.807, 2.05) is 32.0 Å². The molecular weight excluding hydrogens is 383 g/mol. The van der Waals surface area contributed by atoms with Gasteiger partial charge in [-0.05, 0) is 43.7 Å². The third-order valence-corrected chi connectivity index (χ3v) is 4.13. The van der Waals surface area contributed by atoms with Crippen molar-refractivity contribution in [2.45, 2.75) is 13.8 Å². The van der Waals surface area contributed by atoms with Gasteiger partial charge in [0.2, 0.25) is 0 Å². The molecular formula is C21H16Cl2N2O2. The van der Waals surface area contributed by atoms with Crippen LogP contribution in [0.15, 0.2) is 35.9 Å². The Bertz CT molecular complexity index is 998. The number of hydrogen-bond donors (Lipinski definition) is 1. The number of amides is 1. The summed E-state index contributed by atoms with van der Waals surface area (Å²) >= 11 is 12.2. The van der Waals surface area contributed by atoms with Gasteiger partial charge in [-0.2, -0.15) is 5.26 Å². The summed E-state index contributed by atoms with van der Waals surface area (Å²) in [7, 11) is 0. The second-order valence-corrected chi connectivity index (χ2v) is 6.58. The van der Waals surface area contributed by atoms with E-state index in [0.29, 0.717) is 16.3 Å². The Balaban J connectivity index is 2.39. The third kappa shape index (κ3) is 5.28. The van der Waals surface area contributed by atoms with Crippen LogP contribution in [0.25, 0.3) is 6.08 Å². The van der Waals surface area contributed by atoms with Gasteiger partial charge in [0.1, 0.15) is 24.0 Å². The van der Waals surface area contributed by atoms with Gasteiger partial charge in [0, 0.05) is 16.3 Å². The fourth-order valence-corrected chi connectivity index (χ4v) is 2.96. The summed E-state index contributed by atoms with van der Waals surface area (Å²) in [4.78, 5) is 12.5. The molecule has 0 saturated carbocycles. The summed E-state index contributed by atoms with van der Waals surface area (Å²) in [6, 6.07) is 10.5. The Labute approximate surface area is 168 Å². The van der Waals surface area contributed by atoms with E-state index < -0.39 is 5.91 Å². The van der Waals surface area contributed by atoms with Crippen LogP contribution in [0.1, 0.15) is 16.7 Å². The molecule has 4 nitrogen and oxygen atoms in total. The minimum absolute atomic E-state index is 0.0150. The molecule has 2 aromatic rings. The Kier molecular flexibility index (Phi) is 6.91. The normalized spacial score (nSPS) is 10.7. The number of anilines is 1. The van der Waals surface area contributed by atoms with Crippen LogP contribution in [0, 0.1) is 37.5 Å². The van der Waals surface area contributed by atoms with Gasteiger partial charge in [-0.15, -0.1) is 6.42 Å². The molecule has 0 aliphatic rings. The van der Waals surface area contributed by atoms with E-state index in [1.54, 1.807) is 12.1 Å². The Morgan fingerprint density at radius 3 is 2.67 bits per heavy atom. The number of carbonyl (C=O) groups is 1. The van der Waals surface area contributed by atoms with Crippen LogP contribution in [0.5, 0.6) is 5.75 Å². The van der Waals surface area contributed by atoms with E-state index >= 15 is 0 Å². The summed E-state index contributed by atoms with van der Waals surface area (Å²) in [6.45, 7) is 3.82. The van der Waals surface area contributed by atoms with E-state index in [-0.39, 0.29) is 23.0 Å². The molecule has 0 fully saturated rings. The predicted molar refractivity (Wildman–Crippen MR) is 109 cm³/mol. The van der Waals surface area contributed by atoms with Crippen LogP contribution in [0.4, 0.5) is 5.69 Å². The Hall–Kier alpha value is -2.92. The van der Waals surface area contributed by atoms with Gasteiger partial charge >= 0.3 is 0 Å². The first-order chi connectivity index (χ1) is 12.8. The Morgan fingerprint density at radius 2 is 2.04 bits per heavy atom. The number of ether oxygens (including phenoxy) is 1. The standard InChI is InChI=1S/C21H16Cl2N2O2/c1-4-7-27-20-15(10-17(22)11-18(20)23)9-16(12-24)21(26)25-19-6-5-13(2)8-14(19)3/h1,5-6,8-11H,7H2,2-3H3,(H,25,26)/b16-9+. The second-order valence-electron chi connectivity index (χ2n) is 5.74. The molecule has 1 N–H and O–H groups in total. The van der Waals surface area contributed by atoms with E-state index in [4.69, 9.17) is 34.4 Å². The van der Waals surface area contributed by atoms with Crippen molar-refractivity contribution in [1.82, 2.24) is 0 Å². The minimum Gasteiger partial charge on any atom is -0.479 e. The molecule has 2 aromatic carbocycles. The van der Waals surface area contributed by atoms with Gasteiger partial charge < -0.3 is 10.1 Å². The molecule has 1 amide bonds. The second kappa shape index (κ2) is 9.14. The quantitative estimate of drug-likeness (QED) is 0.429. The first kappa shape index (κ1) is 20.4. The molecule has 0 unspecified atom stereocenters. The number of halogens is 2. The fourth-order valence-electron chi connectivity index (χ4n) is 2.40. The highest BCUT2D eigenvalue weighted by Gasteiger charge is 2.15. The van der Waals surface area contributed by atoms with Gasteiger partial charge in [-0.3, -0.25) is 4.79 Å². The lowest BCUT2D eigenvalue weighted by atomic mass is 10.1. The average molecular weight is 399 g/mol. The maximum Gasteiger partial charge on any atom is 0.266 e. The summed E-state index contributed by atoms with van der Waals surface area (Å²) in [6.07, 6.45) is 6.58. The van der Waals surface area contributed by atoms with Crippen molar-refractivity contribution < 1.29 is 9.53 Å². The van der Waals surface area contributed by atoms with Crippen LogP contribution in [-0.2, 0) is 4.79 Å². The van der Waals surface area contributed by atoms with Gasteiger partial charge in [0.05, 0.1) is 5.02 Å². The molecule has 0 bridgehead atoms. The van der Waals surface area contributed by atoms with Crippen molar-refractivity contribution >= 4 is 40.9 Å². The van der Waals surface area contributed by atoms with Crippen molar-refractivity contribution in [3.63, 3.8) is 0 Å². The zero-order valence-electron chi connectivity index (χ0n) is 14.8. The van der Waals surface area contributed by atoms with Gasteiger partial charge in [0.25, 0.3) is 5.91 Å². The molecule has 27 heavy (non-hydrogen) atoms. The molecule has 0 heterocycles. The van der Waals surface area contributed by atoms with Crippen LogP contribution in [-0.4, -0.2) is 12.5 Å². The fraction of sp³-hybridized carbons (Fsp3) is 0.143. The number of terminal acetylenes is 1. The van der Waals surface area contributed by atoms with Gasteiger partial charge in [-0.25, -0.2) is 0 Å². The van der Waals surface area contributed by atoms with Gasteiger partial charge in [-0.1, -0.05) is 46.8 Å². The zero-order valence-corrected chi connectivity index (χ0v) is 16.3. The molecule has 0 saturated heterocycles. The summed E-state index contributed by atoms with van der Waals surface area (Å²) < 4.78 is 5.44. The monoisotopic (exact) mass is 398 g/mol. The number of benzene rings is 2. The molecule has 0 aromatic heterocycles. The zero-order chi connectivity index (χ0) is 20.0. The third-order valence-electron chi connectivity index (χ3n) is 3.63. The molecule has 6 heteroatoms. The number of hydrogen-bond acceptors (Lipinski definition) is 3. The molecule has 0 aliphatic carbocycles. The lowest BCUT2D eigenvalue weighted by molar-refractivity contribution is -0.112. The Morgan fingerprint density at radius 1 is 1.30 bits per heavy atom. The summed E-state index contributed by atoms with van der Waals surface area (Å²) in [5.74, 6) is 2.04. The van der Waals surface area contributed by atoms with Crippen LogP contribution < -0.4 is 10.1 Å². The number of nitriles is 1. The van der Waals surface area contributed by atoms with Crippen molar-refractivity contribution in [2.24, 2.45) is 0 Å².